The van der Waals surface area contributed by atoms with Crippen LogP contribution in [0.5, 0.6) is 0 Å². The molecule has 0 spiro atoms. The molecule has 2 rings (SSSR count). The molecule has 0 radical (unpaired) electrons. The summed E-state index contributed by atoms with van der Waals surface area (Å²) in [6.07, 6.45) is 0.912. The number of hydrogen-bond acceptors (Lipinski definition) is 4. The van der Waals surface area contributed by atoms with Gasteiger partial charge in [-0.2, -0.15) is 0 Å². The van der Waals surface area contributed by atoms with Gasteiger partial charge < -0.3 is 20.1 Å². The van der Waals surface area contributed by atoms with Crippen LogP contribution in [0.4, 0.5) is 4.79 Å². The maximum atomic E-state index is 12.1. The summed E-state index contributed by atoms with van der Waals surface area (Å²) in [7, 11) is 0. The smallest absolute Gasteiger partial charge is 0.320 e. The number of carboxylic acid groups (broad SMARTS) is 1. The maximum absolute atomic E-state index is 12.1. The maximum Gasteiger partial charge on any atom is 0.320 e. The van der Waals surface area contributed by atoms with Crippen molar-refractivity contribution in [2.24, 2.45) is 0 Å². The first-order valence-corrected chi connectivity index (χ1v) is 7.13. The number of aliphatic carboxylic acids is 1. The lowest BCUT2D eigenvalue weighted by atomic mass is 10.1. The van der Waals surface area contributed by atoms with E-state index < -0.39 is 12.0 Å². The molecule has 7 heteroatoms. The zero-order chi connectivity index (χ0) is 14.7. The number of carbonyl (C=O) groups excluding carboxylic acids is 1. The van der Waals surface area contributed by atoms with Crippen molar-refractivity contribution in [3.8, 4) is 0 Å². The van der Waals surface area contributed by atoms with Crippen molar-refractivity contribution in [2.45, 2.75) is 38.5 Å². The highest BCUT2D eigenvalue weighted by molar-refractivity contribution is 5.75. The number of rotatable bonds is 3. The van der Waals surface area contributed by atoms with E-state index in [-0.39, 0.29) is 18.2 Å². The number of carboxylic acids is 1. The van der Waals surface area contributed by atoms with Gasteiger partial charge in [-0.05, 0) is 20.3 Å². The minimum Gasteiger partial charge on any atom is -0.480 e. The molecule has 2 aliphatic rings. The van der Waals surface area contributed by atoms with Crippen LogP contribution in [-0.4, -0.2) is 77.9 Å². The van der Waals surface area contributed by atoms with Crippen LogP contribution in [0, 0.1) is 0 Å². The monoisotopic (exact) mass is 285 g/mol. The summed E-state index contributed by atoms with van der Waals surface area (Å²) in [5, 5.41) is 12.0. The van der Waals surface area contributed by atoms with E-state index in [0.717, 1.165) is 6.42 Å². The van der Waals surface area contributed by atoms with Gasteiger partial charge in [0.25, 0.3) is 0 Å². The summed E-state index contributed by atoms with van der Waals surface area (Å²) in [4.78, 5) is 26.7. The molecule has 2 fully saturated rings. The van der Waals surface area contributed by atoms with Crippen molar-refractivity contribution in [2.75, 3.05) is 32.8 Å². The fourth-order valence-electron chi connectivity index (χ4n) is 2.64. The third-order valence-corrected chi connectivity index (χ3v) is 4.19. The molecule has 2 amide bonds. The van der Waals surface area contributed by atoms with Crippen LogP contribution in [0.3, 0.4) is 0 Å². The van der Waals surface area contributed by atoms with E-state index in [1.165, 1.54) is 0 Å². The Hall–Kier alpha value is -1.34. The van der Waals surface area contributed by atoms with Gasteiger partial charge in [0.05, 0.1) is 12.1 Å². The number of ether oxygens (including phenoxy) is 1. The lowest BCUT2D eigenvalue weighted by molar-refractivity contribution is -0.143. The number of piperazine rings is 1. The van der Waals surface area contributed by atoms with Crippen molar-refractivity contribution in [3.05, 3.63) is 0 Å². The third kappa shape index (κ3) is 3.40. The lowest BCUT2D eigenvalue weighted by Gasteiger charge is -2.37. The summed E-state index contributed by atoms with van der Waals surface area (Å²) < 4.78 is 5.42. The molecule has 0 bridgehead atoms. The van der Waals surface area contributed by atoms with Gasteiger partial charge in [-0.15, -0.1) is 0 Å². The highest BCUT2D eigenvalue weighted by Crippen LogP contribution is 2.13. The van der Waals surface area contributed by atoms with Gasteiger partial charge in [-0.1, -0.05) is 0 Å². The van der Waals surface area contributed by atoms with Crippen LogP contribution in [0.15, 0.2) is 0 Å². The third-order valence-electron chi connectivity index (χ3n) is 4.19. The second kappa shape index (κ2) is 6.41. The Morgan fingerprint density at radius 2 is 1.95 bits per heavy atom. The van der Waals surface area contributed by atoms with Crippen LogP contribution in [0.1, 0.15) is 20.3 Å². The van der Waals surface area contributed by atoms with E-state index in [0.29, 0.717) is 32.8 Å². The molecule has 114 valence electrons. The molecular weight excluding hydrogens is 262 g/mol. The first kappa shape index (κ1) is 15.1. The van der Waals surface area contributed by atoms with Crippen LogP contribution in [0.2, 0.25) is 0 Å². The van der Waals surface area contributed by atoms with Crippen molar-refractivity contribution >= 4 is 12.0 Å². The standard InChI is InChI=1S/C13H23N3O4/c1-9(12(17)18)15-4-6-16(7-5-15)13(19)14-11-3-8-20-10(11)2/h9-11H,3-8H2,1-2H3,(H,14,19)(H,17,18). The zero-order valence-electron chi connectivity index (χ0n) is 12.0. The Labute approximate surface area is 118 Å². The number of amides is 2. The lowest BCUT2D eigenvalue weighted by Crippen LogP contribution is -2.56. The molecule has 0 aromatic rings. The van der Waals surface area contributed by atoms with E-state index >= 15 is 0 Å². The molecule has 7 nitrogen and oxygen atoms in total. The van der Waals surface area contributed by atoms with E-state index in [1.807, 2.05) is 11.8 Å². The Morgan fingerprint density at radius 3 is 2.45 bits per heavy atom. The first-order valence-electron chi connectivity index (χ1n) is 7.13. The average Bonchev–Trinajstić information content (AvgIpc) is 2.83. The number of carbonyl (C=O) groups is 2. The Morgan fingerprint density at radius 1 is 1.30 bits per heavy atom. The van der Waals surface area contributed by atoms with Gasteiger partial charge in [0, 0.05) is 32.8 Å². The van der Waals surface area contributed by atoms with E-state index in [2.05, 4.69) is 5.32 Å². The fourth-order valence-corrected chi connectivity index (χ4v) is 2.64. The van der Waals surface area contributed by atoms with Crippen LogP contribution < -0.4 is 5.32 Å². The molecule has 2 N–H and O–H groups in total. The predicted molar refractivity (Wildman–Crippen MR) is 72.6 cm³/mol. The van der Waals surface area contributed by atoms with Crippen molar-refractivity contribution in [3.63, 3.8) is 0 Å². The Bertz CT molecular complexity index is 369. The molecule has 2 aliphatic heterocycles. The van der Waals surface area contributed by atoms with Gasteiger partial charge in [0.2, 0.25) is 0 Å². The van der Waals surface area contributed by atoms with Crippen molar-refractivity contribution in [1.29, 1.82) is 0 Å². The van der Waals surface area contributed by atoms with E-state index in [4.69, 9.17) is 9.84 Å². The second-order valence-electron chi connectivity index (χ2n) is 5.46. The number of nitrogens with one attached hydrogen (secondary N) is 1. The fraction of sp³-hybridized carbons (Fsp3) is 0.846. The minimum atomic E-state index is -0.820. The van der Waals surface area contributed by atoms with Gasteiger partial charge in [0.1, 0.15) is 6.04 Å². The molecule has 2 saturated heterocycles. The second-order valence-corrected chi connectivity index (χ2v) is 5.46. The van der Waals surface area contributed by atoms with Crippen LogP contribution >= 0.6 is 0 Å². The molecule has 0 aromatic heterocycles. The largest absolute Gasteiger partial charge is 0.480 e. The summed E-state index contributed by atoms with van der Waals surface area (Å²) in [5.41, 5.74) is 0. The summed E-state index contributed by atoms with van der Waals surface area (Å²) >= 11 is 0. The average molecular weight is 285 g/mol. The molecule has 0 aliphatic carbocycles. The Balaban J connectivity index is 1.78. The molecule has 3 unspecified atom stereocenters. The first-order chi connectivity index (χ1) is 9.49. The molecule has 3 atom stereocenters. The molecule has 0 saturated carbocycles. The molecule has 20 heavy (non-hydrogen) atoms. The normalized spacial score (nSPS) is 29.2. The highest BCUT2D eigenvalue weighted by Gasteiger charge is 2.30. The summed E-state index contributed by atoms with van der Waals surface area (Å²) in [6, 6.07) is -0.489. The number of hydrogen-bond donors (Lipinski definition) is 2. The van der Waals surface area contributed by atoms with Crippen LogP contribution in [0.25, 0.3) is 0 Å². The minimum absolute atomic E-state index is 0.0623. The van der Waals surface area contributed by atoms with Crippen molar-refractivity contribution in [1.82, 2.24) is 15.1 Å². The highest BCUT2D eigenvalue weighted by atomic mass is 16.5. The van der Waals surface area contributed by atoms with Gasteiger partial charge in [0.15, 0.2) is 0 Å². The van der Waals surface area contributed by atoms with Gasteiger partial charge in [-0.3, -0.25) is 9.69 Å². The van der Waals surface area contributed by atoms with E-state index in [9.17, 15) is 9.59 Å². The summed E-state index contributed by atoms with van der Waals surface area (Å²) in [6.45, 7) is 6.64. The van der Waals surface area contributed by atoms with Gasteiger partial charge in [-0.25, -0.2) is 4.79 Å². The van der Waals surface area contributed by atoms with Crippen LogP contribution in [-0.2, 0) is 9.53 Å². The Kier molecular flexibility index (Phi) is 4.82. The molecular formula is C13H23N3O4. The van der Waals surface area contributed by atoms with Crippen molar-refractivity contribution < 1.29 is 19.4 Å². The summed E-state index contributed by atoms with van der Waals surface area (Å²) in [5.74, 6) is -0.820. The number of urea groups is 1. The predicted octanol–water partition coefficient (Wildman–Crippen LogP) is -0.0359. The number of nitrogens with zero attached hydrogens (tertiary/aromatic N) is 2. The topological polar surface area (TPSA) is 82.1 Å². The SMILES string of the molecule is CC1OCCC1NC(=O)N1CCN(C(C)C(=O)O)CC1. The molecule has 2 heterocycles. The van der Waals surface area contributed by atoms with E-state index in [1.54, 1.807) is 11.8 Å². The zero-order valence-corrected chi connectivity index (χ0v) is 12.0. The quantitative estimate of drug-likeness (QED) is 0.760. The van der Waals surface area contributed by atoms with Gasteiger partial charge >= 0.3 is 12.0 Å². The molecule has 0 aromatic carbocycles.